The lowest BCUT2D eigenvalue weighted by molar-refractivity contribution is -0.123. The van der Waals surface area contributed by atoms with Gasteiger partial charge in [0.2, 0.25) is 11.8 Å². The number of hydrogen-bond donors (Lipinski definition) is 2. The highest BCUT2D eigenvalue weighted by Crippen LogP contribution is 2.23. The van der Waals surface area contributed by atoms with E-state index in [4.69, 9.17) is 23.2 Å². The molecule has 0 aliphatic carbocycles. The summed E-state index contributed by atoms with van der Waals surface area (Å²) in [6, 6.07) is 11.9. The maximum absolute atomic E-state index is 11.9. The van der Waals surface area contributed by atoms with Gasteiger partial charge in [-0.15, -0.1) is 0 Å². The number of nitrogens with one attached hydrogen (secondary N) is 2. The summed E-state index contributed by atoms with van der Waals surface area (Å²) in [6.45, 7) is 1.80. The van der Waals surface area contributed by atoms with E-state index in [1.807, 2.05) is 0 Å². The van der Waals surface area contributed by atoms with E-state index < -0.39 is 11.8 Å². The Bertz CT molecular complexity index is 700. The van der Waals surface area contributed by atoms with Crippen LogP contribution in [-0.4, -0.2) is 11.8 Å². The molecule has 0 unspecified atom stereocenters. The van der Waals surface area contributed by atoms with Gasteiger partial charge in [-0.05, 0) is 48.9 Å². The fourth-order valence-electron chi connectivity index (χ4n) is 1.82. The number of hydrogen-bond acceptors (Lipinski definition) is 2. The topological polar surface area (TPSA) is 58.2 Å². The monoisotopic (exact) mass is 336 g/mol. The number of benzene rings is 2. The van der Waals surface area contributed by atoms with Crippen LogP contribution in [-0.2, 0) is 9.59 Å². The maximum atomic E-state index is 11.9. The zero-order valence-electron chi connectivity index (χ0n) is 11.8. The van der Waals surface area contributed by atoms with Crippen LogP contribution < -0.4 is 10.6 Å². The number of halogens is 2. The van der Waals surface area contributed by atoms with E-state index in [0.29, 0.717) is 21.4 Å². The predicted octanol–water partition coefficient (Wildman–Crippen LogP) is 4.27. The molecule has 2 N–H and O–H groups in total. The first-order chi connectivity index (χ1) is 10.5. The lowest BCUT2D eigenvalue weighted by Gasteiger charge is -2.09. The molecule has 0 atom stereocenters. The van der Waals surface area contributed by atoms with E-state index in [1.54, 1.807) is 49.4 Å². The predicted molar refractivity (Wildman–Crippen MR) is 89.5 cm³/mol. The van der Waals surface area contributed by atoms with Crippen molar-refractivity contribution in [2.24, 2.45) is 0 Å². The van der Waals surface area contributed by atoms with E-state index in [9.17, 15) is 9.59 Å². The van der Waals surface area contributed by atoms with Crippen molar-refractivity contribution in [3.8, 4) is 0 Å². The Labute approximate surface area is 138 Å². The lowest BCUT2D eigenvalue weighted by Crippen LogP contribution is -2.21. The molecular weight excluding hydrogens is 323 g/mol. The van der Waals surface area contributed by atoms with E-state index in [0.717, 1.165) is 5.56 Å². The number of carbonyl (C=O) groups excluding carboxylic acids is 2. The molecular formula is C16H14Cl2N2O2. The Morgan fingerprint density at radius 1 is 0.955 bits per heavy atom. The van der Waals surface area contributed by atoms with E-state index in [-0.39, 0.29) is 6.42 Å². The summed E-state index contributed by atoms with van der Waals surface area (Å²) in [6.07, 6.45) is -0.283. The second-order valence-electron chi connectivity index (χ2n) is 4.69. The molecule has 2 rings (SSSR count). The number of amides is 2. The minimum Gasteiger partial charge on any atom is -0.326 e. The molecule has 0 aromatic heterocycles. The Kier molecular flexibility index (Phi) is 5.41. The van der Waals surface area contributed by atoms with Crippen molar-refractivity contribution in [2.45, 2.75) is 13.3 Å². The van der Waals surface area contributed by atoms with Gasteiger partial charge in [0.15, 0.2) is 0 Å². The Morgan fingerprint density at radius 2 is 1.59 bits per heavy atom. The quantitative estimate of drug-likeness (QED) is 0.819. The Hall–Kier alpha value is -2.04. The summed E-state index contributed by atoms with van der Waals surface area (Å²) >= 11 is 11.7. The minimum absolute atomic E-state index is 0.283. The molecule has 0 heterocycles. The van der Waals surface area contributed by atoms with Crippen molar-refractivity contribution in [2.75, 3.05) is 10.6 Å². The molecule has 0 radical (unpaired) electrons. The third-order valence-corrected chi connectivity index (χ3v) is 3.65. The van der Waals surface area contributed by atoms with Gasteiger partial charge < -0.3 is 10.6 Å². The van der Waals surface area contributed by atoms with Crippen LogP contribution in [0, 0.1) is 6.92 Å². The third-order valence-electron chi connectivity index (χ3n) is 2.99. The van der Waals surface area contributed by atoms with Crippen molar-refractivity contribution in [3.63, 3.8) is 0 Å². The van der Waals surface area contributed by atoms with Crippen molar-refractivity contribution in [3.05, 3.63) is 58.1 Å². The number of carbonyl (C=O) groups is 2. The highest BCUT2D eigenvalue weighted by Gasteiger charge is 2.11. The lowest BCUT2D eigenvalue weighted by atomic mass is 10.2. The molecule has 0 aliphatic rings. The van der Waals surface area contributed by atoms with Gasteiger partial charge in [-0.3, -0.25) is 9.59 Å². The largest absolute Gasteiger partial charge is 0.326 e. The SMILES string of the molecule is Cc1c(Cl)cccc1NC(=O)CC(=O)Nc1ccc(Cl)cc1. The van der Waals surface area contributed by atoms with Crippen molar-refractivity contribution in [1.29, 1.82) is 0 Å². The fraction of sp³-hybridized carbons (Fsp3) is 0.125. The van der Waals surface area contributed by atoms with Gasteiger partial charge in [0.25, 0.3) is 0 Å². The van der Waals surface area contributed by atoms with Crippen LogP contribution in [0.25, 0.3) is 0 Å². The number of rotatable bonds is 4. The smallest absolute Gasteiger partial charge is 0.233 e. The molecule has 0 bridgehead atoms. The van der Waals surface area contributed by atoms with E-state index in [1.165, 1.54) is 0 Å². The highest BCUT2D eigenvalue weighted by atomic mass is 35.5. The first-order valence-electron chi connectivity index (χ1n) is 6.56. The molecule has 0 fully saturated rings. The summed E-state index contributed by atoms with van der Waals surface area (Å²) in [5, 5.41) is 6.43. The summed E-state index contributed by atoms with van der Waals surface area (Å²) in [7, 11) is 0. The van der Waals surface area contributed by atoms with E-state index >= 15 is 0 Å². The van der Waals surface area contributed by atoms with Crippen LogP contribution in [0.15, 0.2) is 42.5 Å². The number of anilines is 2. The van der Waals surface area contributed by atoms with Crippen molar-refractivity contribution in [1.82, 2.24) is 0 Å². The van der Waals surface area contributed by atoms with Gasteiger partial charge in [0.1, 0.15) is 6.42 Å². The molecule has 2 aromatic rings. The van der Waals surface area contributed by atoms with Crippen molar-refractivity contribution < 1.29 is 9.59 Å². The van der Waals surface area contributed by atoms with Crippen LogP contribution in [0.2, 0.25) is 10.0 Å². The maximum Gasteiger partial charge on any atom is 0.233 e. The van der Waals surface area contributed by atoms with Gasteiger partial charge in [-0.2, -0.15) is 0 Å². The van der Waals surface area contributed by atoms with Crippen LogP contribution in [0.3, 0.4) is 0 Å². The first kappa shape index (κ1) is 16.3. The Balaban J connectivity index is 1.92. The van der Waals surface area contributed by atoms with Gasteiger partial charge in [-0.1, -0.05) is 29.3 Å². The third kappa shape index (κ3) is 4.48. The normalized spacial score (nSPS) is 10.1. The molecule has 0 aliphatic heterocycles. The molecule has 2 aromatic carbocycles. The molecule has 2 amide bonds. The second-order valence-corrected chi connectivity index (χ2v) is 5.54. The standard InChI is InChI=1S/C16H14Cl2N2O2/c1-10-13(18)3-2-4-14(10)20-16(22)9-15(21)19-12-7-5-11(17)6-8-12/h2-8H,9H2,1H3,(H,19,21)(H,20,22). The average Bonchev–Trinajstić information content (AvgIpc) is 2.46. The van der Waals surface area contributed by atoms with E-state index in [2.05, 4.69) is 10.6 Å². The summed E-state index contributed by atoms with van der Waals surface area (Å²) < 4.78 is 0. The van der Waals surface area contributed by atoms with Crippen molar-refractivity contribution >= 4 is 46.4 Å². The van der Waals surface area contributed by atoms with Crippen LogP contribution in [0.4, 0.5) is 11.4 Å². The van der Waals surface area contributed by atoms with Gasteiger partial charge >= 0.3 is 0 Å². The van der Waals surface area contributed by atoms with Gasteiger partial charge in [0, 0.05) is 21.4 Å². The second kappa shape index (κ2) is 7.29. The summed E-state index contributed by atoms with van der Waals surface area (Å²) in [5.74, 6) is -0.809. The zero-order valence-corrected chi connectivity index (χ0v) is 13.3. The molecule has 0 saturated carbocycles. The van der Waals surface area contributed by atoms with Crippen LogP contribution in [0.1, 0.15) is 12.0 Å². The van der Waals surface area contributed by atoms with Crippen LogP contribution in [0.5, 0.6) is 0 Å². The Morgan fingerprint density at radius 3 is 2.27 bits per heavy atom. The molecule has 6 heteroatoms. The molecule has 114 valence electrons. The highest BCUT2D eigenvalue weighted by molar-refractivity contribution is 6.32. The summed E-state index contributed by atoms with van der Waals surface area (Å²) in [5.41, 5.74) is 1.94. The zero-order chi connectivity index (χ0) is 16.1. The van der Waals surface area contributed by atoms with Gasteiger partial charge in [-0.25, -0.2) is 0 Å². The molecule has 22 heavy (non-hydrogen) atoms. The van der Waals surface area contributed by atoms with Crippen LogP contribution >= 0.6 is 23.2 Å². The first-order valence-corrected chi connectivity index (χ1v) is 7.31. The molecule has 4 nitrogen and oxygen atoms in total. The summed E-state index contributed by atoms with van der Waals surface area (Å²) in [4.78, 5) is 23.7. The average molecular weight is 337 g/mol. The molecule has 0 spiro atoms. The fourth-order valence-corrected chi connectivity index (χ4v) is 2.12. The molecule has 0 saturated heterocycles. The minimum atomic E-state index is -0.406. The van der Waals surface area contributed by atoms with Gasteiger partial charge in [0.05, 0.1) is 0 Å².